The summed E-state index contributed by atoms with van der Waals surface area (Å²) >= 11 is 0. The van der Waals surface area contributed by atoms with E-state index in [2.05, 4.69) is 85.0 Å². The highest BCUT2D eigenvalue weighted by Crippen LogP contribution is 2.45. The molecular formula is C24H16. The Hall–Kier alpha value is -2.86. The van der Waals surface area contributed by atoms with Gasteiger partial charge in [-0.05, 0) is 62.0 Å². The third kappa shape index (κ3) is 1.48. The smallest absolute Gasteiger partial charge is 0.0365 e. The van der Waals surface area contributed by atoms with Gasteiger partial charge in [0.25, 0.3) is 0 Å². The Morgan fingerprint density at radius 1 is 0.875 bits per heavy atom. The van der Waals surface area contributed by atoms with Gasteiger partial charge >= 0.3 is 0 Å². The maximum absolute atomic E-state index is 2.51. The Balaban J connectivity index is 1.76. The Labute approximate surface area is 140 Å². The summed E-state index contributed by atoms with van der Waals surface area (Å²) in [6.07, 6.45) is 13.1. The highest BCUT2D eigenvalue weighted by Gasteiger charge is 2.35. The third-order valence-corrected chi connectivity index (χ3v) is 5.81. The quantitative estimate of drug-likeness (QED) is 0.587. The molecule has 2 bridgehead atoms. The zero-order valence-corrected chi connectivity index (χ0v) is 13.3. The first-order valence-electron chi connectivity index (χ1n) is 8.58. The number of benzene rings is 3. The topological polar surface area (TPSA) is 0 Å². The van der Waals surface area contributed by atoms with E-state index in [0.717, 1.165) is 6.42 Å². The van der Waals surface area contributed by atoms with Gasteiger partial charge in [0.05, 0.1) is 0 Å². The molecule has 0 radical (unpaired) electrons. The molecule has 1 atom stereocenters. The lowest BCUT2D eigenvalue weighted by Crippen LogP contribution is -2.40. The minimum absolute atomic E-state index is 0.0385. The minimum Gasteiger partial charge on any atom is -0.0692 e. The second-order valence-corrected chi connectivity index (χ2v) is 7.15. The number of allylic oxidation sites excluding steroid dienone is 2. The lowest BCUT2D eigenvalue weighted by molar-refractivity contribution is 0.632. The van der Waals surface area contributed by atoms with Gasteiger partial charge in [0.1, 0.15) is 0 Å². The molecule has 1 spiro atoms. The molecule has 6 rings (SSSR count). The lowest BCUT2D eigenvalue weighted by atomic mass is 9.65. The number of fused-ring (bicyclic) bond motifs is 3. The first kappa shape index (κ1) is 12.5. The molecule has 0 heteroatoms. The molecule has 0 fully saturated rings. The van der Waals surface area contributed by atoms with Gasteiger partial charge in [-0.15, -0.1) is 0 Å². The first-order chi connectivity index (χ1) is 11.8. The van der Waals surface area contributed by atoms with Crippen LogP contribution in [-0.2, 0) is 6.42 Å². The summed E-state index contributed by atoms with van der Waals surface area (Å²) in [6, 6.07) is 19.9. The van der Waals surface area contributed by atoms with E-state index in [1.165, 1.54) is 43.5 Å². The van der Waals surface area contributed by atoms with Crippen LogP contribution in [0.5, 0.6) is 0 Å². The van der Waals surface area contributed by atoms with E-state index in [9.17, 15) is 0 Å². The number of hydrogen-bond acceptors (Lipinski definition) is 0. The molecule has 0 nitrogen and oxygen atoms in total. The fourth-order valence-electron chi connectivity index (χ4n) is 4.60. The van der Waals surface area contributed by atoms with Gasteiger partial charge in [-0.2, -0.15) is 0 Å². The summed E-state index contributed by atoms with van der Waals surface area (Å²) in [5.74, 6) is 0. The van der Waals surface area contributed by atoms with Crippen molar-refractivity contribution >= 4 is 35.1 Å². The van der Waals surface area contributed by atoms with Gasteiger partial charge in [-0.3, -0.25) is 0 Å². The molecule has 0 aliphatic heterocycles. The Morgan fingerprint density at radius 3 is 2.75 bits per heavy atom. The van der Waals surface area contributed by atoms with Crippen LogP contribution < -0.4 is 10.4 Å². The van der Waals surface area contributed by atoms with Crippen LogP contribution in [0.2, 0.25) is 0 Å². The molecule has 0 aromatic heterocycles. The Bertz CT molecular complexity index is 1220. The predicted octanol–water partition coefficient (Wildman–Crippen LogP) is 4.07. The maximum Gasteiger partial charge on any atom is 0.0365 e. The molecule has 3 aromatic carbocycles. The second kappa shape index (κ2) is 4.15. The van der Waals surface area contributed by atoms with Crippen molar-refractivity contribution in [1.29, 1.82) is 0 Å². The highest BCUT2D eigenvalue weighted by molar-refractivity contribution is 5.95. The molecule has 112 valence electrons. The predicted molar refractivity (Wildman–Crippen MR) is 102 cm³/mol. The van der Waals surface area contributed by atoms with Crippen molar-refractivity contribution in [3.05, 3.63) is 93.4 Å². The van der Waals surface area contributed by atoms with Crippen LogP contribution in [0.1, 0.15) is 16.7 Å². The maximum atomic E-state index is 2.51. The van der Waals surface area contributed by atoms with E-state index < -0.39 is 0 Å². The molecular weight excluding hydrogens is 288 g/mol. The van der Waals surface area contributed by atoms with E-state index >= 15 is 0 Å². The lowest BCUT2D eigenvalue weighted by Gasteiger charge is -2.37. The molecule has 3 aromatic rings. The van der Waals surface area contributed by atoms with E-state index in [0.29, 0.717) is 0 Å². The largest absolute Gasteiger partial charge is 0.0692 e. The third-order valence-electron chi connectivity index (χ3n) is 5.81. The summed E-state index contributed by atoms with van der Waals surface area (Å²) in [5, 5.41) is 5.45. The molecule has 24 heavy (non-hydrogen) atoms. The average Bonchev–Trinajstić information content (AvgIpc) is 2.63. The van der Waals surface area contributed by atoms with Crippen molar-refractivity contribution in [2.75, 3.05) is 0 Å². The van der Waals surface area contributed by atoms with Crippen LogP contribution in [0, 0.1) is 5.41 Å². The molecule has 3 aliphatic rings. The van der Waals surface area contributed by atoms with Crippen molar-refractivity contribution in [1.82, 2.24) is 0 Å². The molecule has 0 heterocycles. The summed E-state index contributed by atoms with van der Waals surface area (Å²) in [6.45, 7) is 0. The number of hydrogen-bond donors (Lipinski definition) is 0. The average molecular weight is 304 g/mol. The SMILES string of the molecule is C1=CC23C=c4c1c1ccccc1cc4=CC2=Cc1ccccc1C3. The molecule has 0 amide bonds. The van der Waals surface area contributed by atoms with Gasteiger partial charge in [0, 0.05) is 5.41 Å². The van der Waals surface area contributed by atoms with E-state index in [1.54, 1.807) is 0 Å². The summed E-state index contributed by atoms with van der Waals surface area (Å²) in [7, 11) is 0. The molecule has 0 N–H and O–H groups in total. The molecule has 3 aliphatic carbocycles. The Kier molecular flexibility index (Phi) is 2.17. The van der Waals surface area contributed by atoms with Crippen molar-refractivity contribution < 1.29 is 0 Å². The van der Waals surface area contributed by atoms with E-state index in [-0.39, 0.29) is 5.41 Å². The molecule has 1 unspecified atom stereocenters. The van der Waals surface area contributed by atoms with Gasteiger partial charge in [-0.1, -0.05) is 72.8 Å². The van der Waals surface area contributed by atoms with E-state index in [1.807, 2.05) is 0 Å². The fourth-order valence-corrected chi connectivity index (χ4v) is 4.60. The van der Waals surface area contributed by atoms with E-state index in [4.69, 9.17) is 0 Å². The first-order valence-corrected chi connectivity index (χ1v) is 8.58. The monoisotopic (exact) mass is 304 g/mol. The second-order valence-electron chi connectivity index (χ2n) is 7.15. The zero-order valence-electron chi connectivity index (χ0n) is 13.3. The van der Waals surface area contributed by atoms with Crippen LogP contribution in [0.4, 0.5) is 0 Å². The zero-order chi connectivity index (χ0) is 15.7. The van der Waals surface area contributed by atoms with Gasteiger partial charge in [-0.25, -0.2) is 0 Å². The highest BCUT2D eigenvalue weighted by atomic mass is 14.4. The summed E-state index contributed by atoms with van der Waals surface area (Å²) < 4.78 is 0. The molecule has 0 saturated carbocycles. The van der Waals surface area contributed by atoms with Crippen molar-refractivity contribution in [3.63, 3.8) is 0 Å². The van der Waals surface area contributed by atoms with Gasteiger partial charge in [0.2, 0.25) is 0 Å². The minimum atomic E-state index is 0.0385. The normalized spacial score (nSPS) is 22.1. The van der Waals surface area contributed by atoms with Crippen molar-refractivity contribution in [3.8, 4) is 0 Å². The molecule has 0 saturated heterocycles. The van der Waals surface area contributed by atoms with Gasteiger partial charge < -0.3 is 0 Å². The standard InChI is InChI=1S/C24H16/c1-2-7-18-14-24-10-9-22-21-8-4-3-6-17(21)11-19(23(22)15-24)13-20(24)12-16(18)5-1/h1-13,15H,14H2. The fraction of sp³-hybridized carbons (Fsp3) is 0.0833. The van der Waals surface area contributed by atoms with Crippen LogP contribution in [0.25, 0.3) is 35.1 Å². The Morgan fingerprint density at radius 2 is 1.75 bits per heavy atom. The van der Waals surface area contributed by atoms with Gasteiger partial charge in [0.15, 0.2) is 0 Å². The summed E-state index contributed by atoms with van der Waals surface area (Å²) in [5.41, 5.74) is 5.65. The van der Waals surface area contributed by atoms with Crippen LogP contribution >= 0.6 is 0 Å². The summed E-state index contributed by atoms with van der Waals surface area (Å²) in [4.78, 5) is 0. The van der Waals surface area contributed by atoms with Crippen molar-refractivity contribution in [2.45, 2.75) is 6.42 Å². The van der Waals surface area contributed by atoms with Crippen LogP contribution in [0.3, 0.4) is 0 Å². The van der Waals surface area contributed by atoms with Crippen molar-refractivity contribution in [2.24, 2.45) is 5.41 Å². The van der Waals surface area contributed by atoms with Crippen LogP contribution in [-0.4, -0.2) is 0 Å². The van der Waals surface area contributed by atoms with Crippen LogP contribution in [0.15, 0.2) is 66.2 Å². The number of rotatable bonds is 0.